The maximum atomic E-state index is 12.4. The first-order valence-corrected chi connectivity index (χ1v) is 8.29. The summed E-state index contributed by atoms with van der Waals surface area (Å²) in [6.07, 6.45) is 1.65. The number of sulfonamides is 1. The number of nitrogens with zero attached hydrogens (tertiary/aromatic N) is 1. The van der Waals surface area contributed by atoms with E-state index < -0.39 is 10.0 Å². The first kappa shape index (κ1) is 16.1. The fourth-order valence-electron chi connectivity index (χ4n) is 2.23. The molecule has 1 aromatic rings. The van der Waals surface area contributed by atoms with Crippen LogP contribution in [0.25, 0.3) is 0 Å². The summed E-state index contributed by atoms with van der Waals surface area (Å²) in [4.78, 5) is 0. The van der Waals surface area contributed by atoms with Crippen LogP contribution in [-0.2, 0) is 22.3 Å². The summed E-state index contributed by atoms with van der Waals surface area (Å²) in [5.74, 6) is 0.0212. The monoisotopic (exact) mass is 284 g/mol. The molecule has 0 bridgehead atoms. The lowest BCUT2D eigenvalue weighted by Gasteiger charge is -2.25. The van der Waals surface area contributed by atoms with Crippen LogP contribution in [0.1, 0.15) is 37.8 Å². The number of benzene rings is 1. The minimum Gasteiger partial charge on any atom is -0.326 e. The summed E-state index contributed by atoms with van der Waals surface area (Å²) in [6, 6.07) is 7.50. The zero-order chi connectivity index (χ0) is 14.5. The van der Waals surface area contributed by atoms with E-state index in [1.54, 1.807) is 7.05 Å². The first-order valence-electron chi connectivity index (χ1n) is 6.68. The SMILES string of the molecule is CCC(CC)N(C)S(=O)(=O)Cc1ccccc1CN. The highest BCUT2D eigenvalue weighted by Crippen LogP contribution is 2.18. The molecule has 0 aliphatic rings. The third kappa shape index (κ3) is 4.03. The predicted octanol–water partition coefficient (Wildman–Crippen LogP) is 2.10. The molecule has 0 heterocycles. The quantitative estimate of drug-likeness (QED) is 0.834. The van der Waals surface area contributed by atoms with Crippen LogP contribution in [0.2, 0.25) is 0 Å². The van der Waals surface area contributed by atoms with Crippen molar-refractivity contribution in [1.29, 1.82) is 0 Å². The van der Waals surface area contributed by atoms with Crippen LogP contribution in [-0.4, -0.2) is 25.8 Å². The van der Waals surface area contributed by atoms with Gasteiger partial charge in [-0.05, 0) is 24.0 Å². The summed E-state index contributed by atoms with van der Waals surface area (Å²) in [6.45, 7) is 4.38. The molecule has 0 radical (unpaired) electrons. The number of hydrogen-bond donors (Lipinski definition) is 1. The molecule has 0 aromatic heterocycles. The van der Waals surface area contributed by atoms with Gasteiger partial charge in [0.2, 0.25) is 10.0 Å². The maximum Gasteiger partial charge on any atom is 0.218 e. The van der Waals surface area contributed by atoms with Crippen molar-refractivity contribution in [3.8, 4) is 0 Å². The summed E-state index contributed by atoms with van der Waals surface area (Å²) in [7, 11) is -1.63. The Balaban J connectivity index is 2.96. The first-order chi connectivity index (χ1) is 8.96. The van der Waals surface area contributed by atoms with Crippen molar-refractivity contribution in [2.75, 3.05) is 7.05 Å². The van der Waals surface area contributed by atoms with Gasteiger partial charge in [-0.25, -0.2) is 12.7 Å². The highest BCUT2D eigenvalue weighted by molar-refractivity contribution is 7.88. The summed E-state index contributed by atoms with van der Waals surface area (Å²) >= 11 is 0. The van der Waals surface area contributed by atoms with Gasteiger partial charge in [0.15, 0.2) is 0 Å². The molecule has 19 heavy (non-hydrogen) atoms. The van der Waals surface area contributed by atoms with E-state index in [0.29, 0.717) is 6.54 Å². The van der Waals surface area contributed by atoms with E-state index in [-0.39, 0.29) is 11.8 Å². The van der Waals surface area contributed by atoms with Gasteiger partial charge in [-0.2, -0.15) is 0 Å². The van der Waals surface area contributed by atoms with Crippen molar-refractivity contribution < 1.29 is 8.42 Å². The van der Waals surface area contributed by atoms with Crippen molar-refractivity contribution >= 4 is 10.0 Å². The number of rotatable bonds is 7. The summed E-state index contributed by atoms with van der Waals surface area (Å²) in [5.41, 5.74) is 7.34. The average molecular weight is 284 g/mol. The molecule has 5 heteroatoms. The van der Waals surface area contributed by atoms with Crippen LogP contribution < -0.4 is 5.73 Å². The molecule has 0 saturated heterocycles. The second-order valence-electron chi connectivity index (χ2n) is 4.72. The second kappa shape index (κ2) is 7.03. The van der Waals surface area contributed by atoms with Crippen molar-refractivity contribution in [2.24, 2.45) is 5.73 Å². The standard InChI is InChI=1S/C14H24N2O2S/c1-4-14(5-2)16(3)19(17,18)11-13-9-7-6-8-12(13)10-15/h6-9,14H,4-5,10-11,15H2,1-3H3. The molecule has 1 aromatic carbocycles. The largest absolute Gasteiger partial charge is 0.326 e. The van der Waals surface area contributed by atoms with E-state index in [1.807, 2.05) is 38.1 Å². The molecule has 0 unspecified atom stereocenters. The molecule has 108 valence electrons. The molecule has 4 nitrogen and oxygen atoms in total. The molecule has 0 saturated carbocycles. The van der Waals surface area contributed by atoms with Crippen LogP contribution in [0.5, 0.6) is 0 Å². The lowest BCUT2D eigenvalue weighted by Crippen LogP contribution is -2.37. The van der Waals surface area contributed by atoms with Crippen LogP contribution >= 0.6 is 0 Å². The van der Waals surface area contributed by atoms with Crippen LogP contribution in [0.3, 0.4) is 0 Å². The molecule has 0 amide bonds. The highest BCUT2D eigenvalue weighted by Gasteiger charge is 2.24. The van der Waals surface area contributed by atoms with Gasteiger partial charge in [0.05, 0.1) is 5.75 Å². The highest BCUT2D eigenvalue weighted by atomic mass is 32.2. The van der Waals surface area contributed by atoms with Gasteiger partial charge in [-0.15, -0.1) is 0 Å². The van der Waals surface area contributed by atoms with E-state index in [4.69, 9.17) is 5.73 Å². The Hall–Kier alpha value is -0.910. The topological polar surface area (TPSA) is 63.4 Å². The molecule has 0 atom stereocenters. The molecule has 0 fully saturated rings. The van der Waals surface area contributed by atoms with Crippen molar-refractivity contribution in [3.63, 3.8) is 0 Å². The van der Waals surface area contributed by atoms with Crippen molar-refractivity contribution in [1.82, 2.24) is 4.31 Å². The fraction of sp³-hybridized carbons (Fsp3) is 0.571. The maximum absolute atomic E-state index is 12.4. The van der Waals surface area contributed by atoms with Crippen molar-refractivity contribution in [3.05, 3.63) is 35.4 Å². The third-order valence-electron chi connectivity index (χ3n) is 3.57. The molecule has 1 rings (SSSR count). The van der Waals surface area contributed by atoms with Gasteiger partial charge < -0.3 is 5.73 Å². The normalized spacial score (nSPS) is 12.3. The van der Waals surface area contributed by atoms with Gasteiger partial charge in [0.1, 0.15) is 0 Å². The van der Waals surface area contributed by atoms with Crippen molar-refractivity contribution in [2.45, 2.75) is 45.0 Å². The Labute approximate surface area is 116 Å². The Bertz CT molecular complexity index is 496. The average Bonchev–Trinajstić information content (AvgIpc) is 2.40. The zero-order valence-corrected chi connectivity index (χ0v) is 12.8. The Morgan fingerprint density at radius 1 is 1.16 bits per heavy atom. The van der Waals surface area contributed by atoms with E-state index in [0.717, 1.165) is 24.0 Å². The van der Waals surface area contributed by atoms with Gasteiger partial charge in [0, 0.05) is 19.6 Å². The number of nitrogens with two attached hydrogens (primary N) is 1. The lowest BCUT2D eigenvalue weighted by molar-refractivity contribution is 0.349. The zero-order valence-electron chi connectivity index (χ0n) is 12.0. The Morgan fingerprint density at radius 3 is 2.16 bits per heavy atom. The van der Waals surface area contributed by atoms with Crippen LogP contribution in [0.4, 0.5) is 0 Å². The van der Waals surface area contributed by atoms with E-state index in [9.17, 15) is 8.42 Å². The van der Waals surface area contributed by atoms with E-state index in [1.165, 1.54) is 4.31 Å². The second-order valence-corrected chi connectivity index (χ2v) is 6.74. The van der Waals surface area contributed by atoms with Crippen LogP contribution in [0, 0.1) is 0 Å². The molecular formula is C14H24N2O2S. The molecule has 0 spiro atoms. The summed E-state index contributed by atoms with van der Waals surface area (Å²) < 4.78 is 26.3. The van der Waals surface area contributed by atoms with Crippen LogP contribution in [0.15, 0.2) is 24.3 Å². The van der Waals surface area contributed by atoms with Gasteiger partial charge >= 0.3 is 0 Å². The molecule has 0 aliphatic carbocycles. The summed E-state index contributed by atoms with van der Waals surface area (Å²) in [5, 5.41) is 0. The Kier molecular flexibility index (Phi) is 5.97. The molecular weight excluding hydrogens is 260 g/mol. The lowest BCUT2D eigenvalue weighted by atomic mass is 10.1. The number of hydrogen-bond acceptors (Lipinski definition) is 3. The fourth-order valence-corrected chi connectivity index (χ4v) is 3.86. The van der Waals surface area contributed by atoms with Gasteiger partial charge in [-0.1, -0.05) is 38.1 Å². The van der Waals surface area contributed by atoms with E-state index in [2.05, 4.69) is 0 Å². The molecule has 0 aliphatic heterocycles. The third-order valence-corrected chi connectivity index (χ3v) is 5.42. The predicted molar refractivity (Wildman–Crippen MR) is 79.1 cm³/mol. The minimum absolute atomic E-state index is 0.0212. The molecule has 2 N–H and O–H groups in total. The van der Waals surface area contributed by atoms with Gasteiger partial charge in [-0.3, -0.25) is 0 Å². The Morgan fingerprint density at radius 2 is 1.68 bits per heavy atom. The van der Waals surface area contributed by atoms with E-state index >= 15 is 0 Å². The smallest absolute Gasteiger partial charge is 0.218 e. The van der Waals surface area contributed by atoms with Gasteiger partial charge in [0.25, 0.3) is 0 Å². The minimum atomic E-state index is -3.29.